The van der Waals surface area contributed by atoms with E-state index in [0.717, 1.165) is 0 Å². The molecule has 0 spiro atoms. The fourth-order valence-electron chi connectivity index (χ4n) is 2.79. The molecule has 0 amide bonds. The van der Waals surface area contributed by atoms with Crippen molar-refractivity contribution in [2.24, 2.45) is 0 Å². The van der Waals surface area contributed by atoms with Crippen molar-refractivity contribution in [2.75, 3.05) is 33.9 Å². The summed E-state index contributed by atoms with van der Waals surface area (Å²) in [6.07, 6.45) is -3.15. The van der Waals surface area contributed by atoms with Gasteiger partial charge >= 0.3 is 0 Å². The fourth-order valence-corrected chi connectivity index (χ4v) is 2.79. The molecular weight excluding hydrogens is 254 g/mol. The molecule has 2 unspecified atom stereocenters. The van der Waals surface area contributed by atoms with Gasteiger partial charge in [-0.1, -0.05) is 0 Å². The van der Waals surface area contributed by atoms with Crippen LogP contribution in [0.2, 0.25) is 0 Å². The van der Waals surface area contributed by atoms with Crippen LogP contribution in [0.15, 0.2) is 0 Å². The number of fused-ring (bicyclic) bond motifs is 3. The summed E-state index contributed by atoms with van der Waals surface area (Å²) in [7, 11) is 3.79. The first-order chi connectivity index (χ1) is 8.85. The molecule has 1 saturated carbocycles. The first-order valence-corrected chi connectivity index (χ1v) is 6.51. The third-order valence-corrected chi connectivity index (χ3v) is 4.09. The Labute approximate surface area is 112 Å². The van der Waals surface area contributed by atoms with Crippen LogP contribution in [0.4, 0.5) is 0 Å². The molecule has 0 aromatic heterocycles. The number of likely N-dealkylation sites (N-methyl/N-ethyl adjacent to an activating group) is 1. The number of nitrogens with zero attached hydrogens (tertiary/aromatic N) is 1. The maximum atomic E-state index is 10.3. The van der Waals surface area contributed by atoms with Crippen LogP contribution in [0.25, 0.3) is 0 Å². The summed E-state index contributed by atoms with van der Waals surface area (Å²) in [5.74, 6) is -1.34. The molecule has 5 atom stereocenters. The molecule has 0 aromatic carbocycles. The number of aliphatic hydroxyl groups excluding tert-OH is 3. The zero-order valence-electron chi connectivity index (χ0n) is 11.3. The second kappa shape index (κ2) is 5.25. The van der Waals surface area contributed by atoms with Gasteiger partial charge in [-0.3, -0.25) is 0 Å². The van der Waals surface area contributed by atoms with E-state index < -0.39 is 36.3 Å². The SMILES string of the molecule is CN(C)CCO[C@]12CCC(O)(C(O)[C@@H]1O)[C@@H](CO)O2. The van der Waals surface area contributed by atoms with Gasteiger partial charge in [0, 0.05) is 13.0 Å². The largest absolute Gasteiger partial charge is 0.394 e. The highest BCUT2D eigenvalue weighted by Gasteiger charge is 2.65. The van der Waals surface area contributed by atoms with Crippen molar-refractivity contribution in [3.8, 4) is 0 Å². The maximum Gasteiger partial charge on any atom is 0.197 e. The minimum atomic E-state index is -1.61. The molecule has 2 heterocycles. The topological polar surface area (TPSA) is 103 Å². The molecule has 7 nitrogen and oxygen atoms in total. The summed E-state index contributed by atoms with van der Waals surface area (Å²) in [5.41, 5.74) is -1.61. The summed E-state index contributed by atoms with van der Waals surface area (Å²) < 4.78 is 11.2. The lowest BCUT2D eigenvalue weighted by atomic mass is 9.70. The standard InChI is InChI=1S/C12H23NO6/c1-13(2)5-6-18-12-4-3-11(17,8(7-14)19-12)9(15)10(12)16/h8-10,14-17H,3-7H2,1-2H3/t8-,9?,10+,11?,12+/m1/s1. The van der Waals surface area contributed by atoms with Crippen molar-refractivity contribution in [3.63, 3.8) is 0 Å². The Morgan fingerprint density at radius 3 is 2.53 bits per heavy atom. The summed E-state index contributed by atoms with van der Waals surface area (Å²) >= 11 is 0. The van der Waals surface area contributed by atoms with Crippen LogP contribution in [0.1, 0.15) is 12.8 Å². The van der Waals surface area contributed by atoms with Crippen molar-refractivity contribution in [1.29, 1.82) is 0 Å². The molecule has 112 valence electrons. The van der Waals surface area contributed by atoms with Gasteiger partial charge < -0.3 is 34.8 Å². The number of ether oxygens (including phenoxy) is 2. The van der Waals surface area contributed by atoms with E-state index in [1.54, 1.807) is 0 Å². The van der Waals surface area contributed by atoms with Gasteiger partial charge in [-0.15, -0.1) is 0 Å². The third-order valence-electron chi connectivity index (χ3n) is 4.09. The lowest BCUT2D eigenvalue weighted by Crippen LogP contribution is -2.76. The average molecular weight is 277 g/mol. The second-order valence-corrected chi connectivity index (χ2v) is 5.63. The first kappa shape index (κ1) is 15.1. The highest BCUT2D eigenvalue weighted by molar-refractivity contribution is 5.11. The summed E-state index contributed by atoms with van der Waals surface area (Å²) in [6, 6.07) is 0. The second-order valence-electron chi connectivity index (χ2n) is 5.63. The first-order valence-electron chi connectivity index (χ1n) is 6.51. The minimum Gasteiger partial charge on any atom is -0.394 e. The lowest BCUT2D eigenvalue weighted by Gasteiger charge is -2.58. The molecule has 7 heteroatoms. The zero-order chi connectivity index (χ0) is 14.3. The Balaban J connectivity index is 2.11. The molecular formula is C12H23NO6. The molecule has 3 aliphatic rings. The summed E-state index contributed by atoms with van der Waals surface area (Å²) in [4.78, 5) is 1.92. The van der Waals surface area contributed by atoms with Crippen LogP contribution < -0.4 is 0 Å². The molecule has 2 bridgehead atoms. The van der Waals surface area contributed by atoms with E-state index in [0.29, 0.717) is 13.2 Å². The smallest absolute Gasteiger partial charge is 0.197 e. The predicted octanol–water partition coefficient (Wildman–Crippen LogP) is -2.10. The molecule has 3 rings (SSSR count). The van der Waals surface area contributed by atoms with Gasteiger partial charge in [0.1, 0.15) is 23.9 Å². The van der Waals surface area contributed by atoms with Gasteiger partial charge in [0.25, 0.3) is 0 Å². The van der Waals surface area contributed by atoms with E-state index in [-0.39, 0.29) is 12.8 Å². The number of hydrogen-bond acceptors (Lipinski definition) is 7. The zero-order valence-corrected chi connectivity index (χ0v) is 11.3. The fraction of sp³-hybridized carbons (Fsp3) is 1.00. The Bertz CT molecular complexity index is 323. The number of rotatable bonds is 5. The minimum absolute atomic E-state index is 0.221. The average Bonchev–Trinajstić information content (AvgIpc) is 2.37. The third kappa shape index (κ3) is 2.40. The van der Waals surface area contributed by atoms with Gasteiger partial charge in [-0.05, 0) is 20.5 Å². The van der Waals surface area contributed by atoms with E-state index in [1.165, 1.54) is 0 Å². The van der Waals surface area contributed by atoms with E-state index >= 15 is 0 Å². The molecule has 2 aliphatic heterocycles. The van der Waals surface area contributed by atoms with Gasteiger partial charge in [0.2, 0.25) is 0 Å². The van der Waals surface area contributed by atoms with Crippen LogP contribution >= 0.6 is 0 Å². The molecule has 4 N–H and O–H groups in total. The van der Waals surface area contributed by atoms with Crippen LogP contribution in [-0.4, -0.2) is 88.9 Å². The van der Waals surface area contributed by atoms with Crippen molar-refractivity contribution in [2.45, 2.75) is 42.5 Å². The predicted molar refractivity (Wildman–Crippen MR) is 65.4 cm³/mol. The Morgan fingerprint density at radius 1 is 1.26 bits per heavy atom. The van der Waals surface area contributed by atoms with Gasteiger partial charge in [-0.2, -0.15) is 0 Å². The normalized spacial score (nSPS) is 45.9. The number of hydrogen-bond donors (Lipinski definition) is 4. The summed E-state index contributed by atoms with van der Waals surface area (Å²) in [6.45, 7) is 0.536. The molecule has 3 fully saturated rings. The summed E-state index contributed by atoms with van der Waals surface area (Å²) in [5, 5.41) is 39.7. The van der Waals surface area contributed by atoms with E-state index in [4.69, 9.17) is 9.47 Å². The quantitative estimate of drug-likeness (QED) is 0.456. The van der Waals surface area contributed by atoms with Gasteiger partial charge in [0.05, 0.1) is 13.2 Å². The van der Waals surface area contributed by atoms with Crippen LogP contribution in [0.3, 0.4) is 0 Å². The Hall–Kier alpha value is -0.280. The number of aliphatic hydroxyl groups is 4. The maximum absolute atomic E-state index is 10.3. The Kier molecular flexibility index (Phi) is 4.18. The molecule has 0 aromatic rings. The van der Waals surface area contributed by atoms with Crippen LogP contribution in [0, 0.1) is 0 Å². The van der Waals surface area contributed by atoms with E-state index in [1.807, 2.05) is 19.0 Å². The van der Waals surface area contributed by atoms with Crippen LogP contribution in [0.5, 0.6) is 0 Å². The van der Waals surface area contributed by atoms with Crippen molar-refractivity contribution in [1.82, 2.24) is 4.90 Å². The lowest BCUT2D eigenvalue weighted by molar-refractivity contribution is -0.417. The van der Waals surface area contributed by atoms with Crippen molar-refractivity contribution >= 4 is 0 Å². The van der Waals surface area contributed by atoms with Gasteiger partial charge in [0.15, 0.2) is 5.79 Å². The monoisotopic (exact) mass is 277 g/mol. The van der Waals surface area contributed by atoms with Crippen molar-refractivity contribution in [3.05, 3.63) is 0 Å². The highest BCUT2D eigenvalue weighted by atomic mass is 16.7. The van der Waals surface area contributed by atoms with Crippen molar-refractivity contribution < 1.29 is 29.9 Å². The Morgan fingerprint density at radius 2 is 1.95 bits per heavy atom. The van der Waals surface area contributed by atoms with Gasteiger partial charge in [-0.25, -0.2) is 0 Å². The molecule has 1 aliphatic carbocycles. The van der Waals surface area contributed by atoms with Crippen LogP contribution in [-0.2, 0) is 9.47 Å². The molecule has 2 saturated heterocycles. The highest BCUT2D eigenvalue weighted by Crippen LogP contribution is 2.47. The van der Waals surface area contributed by atoms with E-state index in [2.05, 4.69) is 0 Å². The molecule has 19 heavy (non-hydrogen) atoms. The molecule has 0 radical (unpaired) electrons. The van der Waals surface area contributed by atoms with E-state index in [9.17, 15) is 20.4 Å².